The van der Waals surface area contributed by atoms with Crippen LogP contribution in [0.5, 0.6) is 5.75 Å². The summed E-state index contributed by atoms with van der Waals surface area (Å²) in [5.74, 6) is 1.02. The summed E-state index contributed by atoms with van der Waals surface area (Å²) < 4.78 is 5.21. The molecule has 0 aliphatic carbocycles. The first-order valence-electron chi connectivity index (χ1n) is 8.90. The SMILES string of the molecule is COc1ccc(C2CCCN2C(=O)CN2CCCCCC2=O)cc1. The molecule has 1 atom stereocenters. The lowest BCUT2D eigenvalue weighted by molar-refractivity contribution is -0.140. The van der Waals surface area contributed by atoms with Crippen LogP contribution in [0.1, 0.15) is 50.1 Å². The average Bonchev–Trinajstić information content (AvgIpc) is 3.01. The van der Waals surface area contributed by atoms with E-state index in [0.717, 1.165) is 50.0 Å². The second kappa shape index (κ2) is 7.69. The molecule has 1 aromatic carbocycles. The van der Waals surface area contributed by atoms with Gasteiger partial charge in [-0.05, 0) is 43.4 Å². The van der Waals surface area contributed by atoms with Crippen molar-refractivity contribution in [2.45, 2.75) is 44.6 Å². The molecule has 2 heterocycles. The van der Waals surface area contributed by atoms with Gasteiger partial charge in [-0.3, -0.25) is 9.59 Å². The van der Waals surface area contributed by atoms with E-state index in [-0.39, 0.29) is 24.4 Å². The van der Waals surface area contributed by atoms with Gasteiger partial charge in [-0.15, -0.1) is 0 Å². The number of nitrogens with zero attached hydrogens (tertiary/aromatic N) is 2. The Morgan fingerprint density at radius 2 is 1.92 bits per heavy atom. The lowest BCUT2D eigenvalue weighted by Crippen LogP contribution is -2.42. The fourth-order valence-electron chi connectivity index (χ4n) is 3.70. The minimum absolute atomic E-state index is 0.0727. The minimum atomic E-state index is 0.0727. The molecule has 3 rings (SSSR count). The summed E-state index contributed by atoms with van der Waals surface area (Å²) in [5.41, 5.74) is 1.14. The highest BCUT2D eigenvalue weighted by molar-refractivity contribution is 5.85. The highest BCUT2D eigenvalue weighted by Crippen LogP contribution is 2.33. The van der Waals surface area contributed by atoms with Crippen LogP contribution in [0.3, 0.4) is 0 Å². The van der Waals surface area contributed by atoms with Crippen molar-refractivity contribution >= 4 is 11.8 Å². The summed E-state index contributed by atoms with van der Waals surface area (Å²) in [6.07, 6.45) is 5.59. The molecule has 2 fully saturated rings. The van der Waals surface area contributed by atoms with Gasteiger partial charge in [-0.2, -0.15) is 0 Å². The molecule has 2 aliphatic rings. The molecule has 2 aliphatic heterocycles. The summed E-state index contributed by atoms with van der Waals surface area (Å²) in [6, 6.07) is 8.06. The topological polar surface area (TPSA) is 49.9 Å². The monoisotopic (exact) mass is 330 g/mol. The zero-order chi connectivity index (χ0) is 16.9. The van der Waals surface area contributed by atoms with Gasteiger partial charge in [0, 0.05) is 19.5 Å². The first kappa shape index (κ1) is 16.8. The van der Waals surface area contributed by atoms with Crippen molar-refractivity contribution in [3.8, 4) is 5.75 Å². The van der Waals surface area contributed by atoms with Crippen molar-refractivity contribution in [3.05, 3.63) is 29.8 Å². The predicted molar refractivity (Wildman–Crippen MR) is 91.7 cm³/mol. The van der Waals surface area contributed by atoms with E-state index in [4.69, 9.17) is 4.74 Å². The van der Waals surface area contributed by atoms with Gasteiger partial charge < -0.3 is 14.5 Å². The molecule has 0 N–H and O–H groups in total. The van der Waals surface area contributed by atoms with Gasteiger partial charge in [0.25, 0.3) is 0 Å². The minimum Gasteiger partial charge on any atom is -0.497 e. The van der Waals surface area contributed by atoms with E-state index in [2.05, 4.69) is 0 Å². The molecule has 2 amide bonds. The second-order valence-corrected chi connectivity index (χ2v) is 6.64. The Morgan fingerprint density at radius 3 is 2.67 bits per heavy atom. The molecule has 0 spiro atoms. The maximum absolute atomic E-state index is 12.8. The van der Waals surface area contributed by atoms with Gasteiger partial charge in [0.15, 0.2) is 0 Å². The normalized spacial score (nSPS) is 21.7. The molecule has 5 heteroatoms. The number of hydrogen-bond donors (Lipinski definition) is 0. The zero-order valence-corrected chi connectivity index (χ0v) is 14.4. The molecule has 2 saturated heterocycles. The van der Waals surface area contributed by atoms with Crippen LogP contribution in [0.2, 0.25) is 0 Å². The average molecular weight is 330 g/mol. The molecule has 5 nitrogen and oxygen atoms in total. The number of likely N-dealkylation sites (tertiary alicyclic amines) is 2. The number of carbonyl (C=O) groups is 2. The van der Waals surface area contributed by atoms with Gasteiger partial charge >= 0.3 is 0 Å². The Morgan fingerprint density at radius 1 is 1.12 bits per heavy atom. The van der Waals surface area contributed by atoms with Crippen molar-refractivity contribution in [2.75, 3.05) is 26.7 Å². The van der Waals surface area contributed by atoms with Crippen molar-refractivity contribution in [1.82, 2.24) is 9.80 Å². The van der Waals surface area contributed by atoms with E-state index in [9.17, 15) is 9.59 Å². The van der Waals surface area contributed by atoms with Crippen LogP contribution in [0.25, 0.3) is 0 Å². The first-order chi connectivity index (χ1) is 11.7. The van der Waals surface area contributed by atoms with E-state index >= 15 is 0 Å². The lowest BCUT2D eigenvalue weighted by atomic mass is 10.0. The van der Waals surface area contributed by atoms with Gasteiger partial charge in [-0.1, -0.05) is 18.6 Å². The van der Waals surface area contributed by atoms with Crippen LogP contribution in [0.15, 0.2) is 24.3 Å². The summed E-state index contributed by atoms with van der Waals surface area (Å²) in [7, 11) is 1.65. The molecule has 0 radical (unpaired) electrons. The Hall–Kier alpha value is -2.04. The summed E-state index contributed by atoms with van der Waals surface area (Å²) >= 11 is 0. The summed E-state index contributed by atoms with van der Waals surface area (Å²) in [6.45, 7) is 1.72. The Labute approximate surface area is 143 Å². The number of methoxy groups -OCH3 is 1. The third-order valence-electron chi connectivity index (χ3n) is 5.07. The number of benzene rings is 1. The number of rotatable bonds is 4. The van der Waals surface area contributed by atoms with E-state index in [1.165, 1.54) is 0 Å². The van der Waals surface area contributed by atoms with Gasteiger partial charge in [0.1, 0.15) is 5.75 Å². The van der Waals surface area contributed by atoms with Crippen LogP contribution in [0, 0.1) is 0 Å². The van der Waals surface area contributed by atoms with E-state index < -0.39 is 0 Å². The summed E-state index contributed by atoms with van der Waals surface area (Å²) in [5, 5.41) is 0. The largest absolute Gasteiger partial charge is 0.497 e. The van der Waals surface area contributed by atoms with Crippen LogP contribution in [-0.2, 0) is 9.59 Å². The van der Waals surface area contributed by atoms with Gasteiger partial charge in [-0.25, -0.2) is 0 Å². The smallest absolute Gasteiger partial charge is 0.242 e. The fraction of sp³-hybridized carbons (Fsp3) is 0.579. The van der Waals surface area contributed by atoms with Crippen molar-refractivity contribution in [2.24, 2.45) is 0 Å². The zero-order valence-electron chi connectivity index (χ0n) is 14.4. The first-order valence-corrected chi connectivity index (χ1v) is 8.90. The molecule has 130 valence electrons. The highest BCUT2D eigenvalue weighted by Gasteiger charge is 2.31. The molecule has 0 saturated carbocycles. The van der Waals surface area contributed by atoms with Crippen LogP contribution in [-0.4, -0.2) is 48.4 Å². The Bertz CT molecular complexity index is 585. The predicted octanol–water partition coefficient (Wildman–Crippen LogP) is 2.76. The molecular formula is C19H26N2O3. The Kier molecular flexibility index (Phi) is 5.38. The maximum atomic E-state index is 12.8. The molecule has 1 aromatic rings. The molecule has 24 heavy (non-hydrogen) atoms. The quantitative estimate of drug-likeness (QED) is 0.853. The maximum Gasteiger partial charge on any atom is 0.242 e. The fourth-order valence-corrected chi connectivity index (χ4v) is 3.70. The van der Waals surface area contributed by atoms with E-state index in [1.807, 2.05) is 29.2 Å². The third-order valence-corrected chi connectivity index (χ3v) is 5.07. The van der Waals surface area contributed by atoms with Crippen LogP contribution >= 0.6 is 0 Å². The van der Waals surface area contributed by atoms with E-state index in [1.54, 1.807) is 12.0 Å². The van der Waals surface area contributed by atoms with Gasteiger partial charge in [0.2, 0.25) is 11.8 Å². The van der Waals surface area contributed by atoms with Crippen molar-refractivity contribution in [1.29, 1.82) is 0 Å². The lowest BCUT2D eigenvalue weighted by Gasteiger charge is -2.28. The van der Waals surface area contributed by atoms with Crippen LogP contribution < -0.4 is 4.74 Å². The molecule has 0 bridgehead atoms. The molecular weight excluding hydrogens is 304 g/mol. The number of hydrogen-bond acceptors (Lipinski definition) is 3. The molecule has 0 aromatic heterocycles. The van der Waals surface area contributed by atoms with Crippen molar-refractivity contribution < 1.29 is 14.3 Å². The van der Waals surface area contributed by atoms with Crippen molar-refractivity contribution in [3.63, 3.8) is 0 Å². The van der Waals surface area contributed by atoms with Gasteiger partial charge in [0.05, 0.1) is 19.7 Å². The number of amides is 2. The number of ether oxygens (including phenoxy) is 1. The van der Waals surface area contributed by atoms with E-state index in [0.29, 0.717) is 13.0 Å². The second-order valence-electron chi connectivity index (χ2n) is 6.64. The third kappa shape index (κ3) is 3.71. The summed E-state index contributed by atoms with van der Waals surface area (Å²) in [4.78, 5) is 28.6. The van der Waals surface area contributed by atoms with Crippen LogP contribution in [0.4, 0.5) is 0 Å². The number of carbonyl (C=O) groups excluding carboxylic acids is 2. The molecule has 1 unspecified atom stereocenters. The Balaban J connectivity index is 1.67. The standard InChI is InChI=1S/C19H26N2O3/c1-24-16-10-8-15(9-11-16)17-6-5-13-21(17)19(23)14-20-12-4-2-3-7-18(20)22/h8-11,17H,2-7,12-14H2,1H3. The highest BCUT2D eigenvalue weighted by atomic mass is 16.5.